The normalized spacial score (nSPS) is 11.4. The molecule has 0 unspecified atom stereocenters. The van der Waals surface area contributed by atoms with Crippen LogP contribution in [0.2, 0.25) is 0 Å². The molecule has 2 heterocycles. The summed E-state index contributed by atoms with van der Waals surface area (Å²) < 4.78 is 14.8. The van der Waals surface area contributed by atoms with Crippen LogP contribution in [-0.4, -0.2) is 31.8 Å². The van der Waals surface area contributed by atoms with Crippen LogP contribution in [0.15, 0.2) is 27.8 Å². The van der Waals surface area contributed by atoms with Crippen molar-refractivity contribution in [3.8, 4) is 11.5 Å². The number of benzene rings is 1. The van der Waals surface area contributed by atoms with Gasteiger partial charge in [0, 0.05) is 27.1 Å². The summed E-state index contributed by atoms with van der Waals surface area (Å²) in [6.07, 6.45) is 3.55. The van der Waals surface area contributed by atoms with Gasteiger partial charge >= 0.3 is 11.7 Å². The fourth-order valence-electron chi connectivity index (χ4n) is 3.29. The van der Waals surface area contributed by atoms with E-state index in [2.05, 4.69) is 4.98 Å². The lowest BCUT2D eigenvalue weighted by molar-refractivity contribution is -0.132. The zero-order valence-electron chi connectivity index (χ0n) is 17.6. The number of methoxy groups -OCH3 is 1. The molecule has 2 aromatic heterocycles. The second-order valence-electron chi connectivity index (χ2n) is 6.61. The molecule has 30 heavy (non-hydrogen) atoms. The molecule has 0 atom stereocenters. The lowest BCUT2D eigenvalue weighted by atomic mass is 10.2. The first-order chi connectivity index (χ1) is 14.3. The fourth-order valence-corrected chi connectivity index (χ4v) is 3.29. The molecule has 3 aromatic rings. The molecule has 0 amide bonds. The molecule has 158 valence electrons. The van der Waals surface area contributed by atoms with E-state index in [0.29, 0.717) is 41.6 Å². The maximum absolute atomic E-state index is 12.8. The first kappa shape index (κ1) is 21.1. The summed E-state index contributed by atoms with van der Waals surface area (Å²) in [5.74, 6) is 0.844. The smallest absolute Gasteiger partial charge is 0.332 e. The van der Waals surface area contributed by atoms with Gasteiger partial charge in [0.25, 0.3) is 5.56 Å². The number of carbonyl (C=O) groups is 1. The van der Waals surface area contributed by atoms with Gasteiger partial charge in [-0.1, -0.05) is 12.1 Å². The average molecular weight is 412 g/mol. The third kappa shape index (κ3) is 3.66. The van der Waals surface area contributed by atoms with Crippen molar-refractivity contribution in [1.82, 2.24) is 18.7 Å². The van der Waals surface area contributed by atoms with Crippen molar-refractivity contribution >= 4 is 29.3 Å². The average Bonchev–Trinajstić information content (AvgIpc) is 3.03. The quantitative estimate of drug-likeness (QED) is 0.454. The van der Waals surface area contributed by atoms with Crippen LogP contribution >= 0.6 is 0 Å². The lowest BCUT2D eigenvalue weighted by Gasteiger charge is -2.08. The molecule has 9 nitrogen and oxygen atoms in total. The monoisotopic (exact) mass is 412 g/mol. The van der Waals surface area contributed by atoms with Crippen LogP contribution in [0.5, 0.6) is 11.5 Å². The summed E-state index contributed by atoms with van der Waals surface area (Å²) in [5, 5.41) is 0. The van der Waals surface area contributed by atoms with Crippen molar-refractivity contribution in [2.45, 2.75) is 33.9 Å². The Hall–Kier alpha value is -3.62. The van der Waals surface area contributed by atoms with Crippen molar-refractivity contribution in [2.24, 2.45) is 7.05 Å². The molecule has 1 aromatic carbocycles. The van der Waals surface area contributed by atoms with Gasteiger partial charge in [-0.15, -0.1) is 0 Å². The number of nitrogens with zero attached hydrogens (tertiary/aromatic N) is 4. The Kier molecular flexibility index (Phi) is 5.91. The molecule has 0 bridgehead atoms. The van der Waals surface area contributed by atoms with Crippen molar-refractivity contribution in [3.63, 3.8) is 0 Å². The summed E-state index contributed by atoms with van der Waals surface area (Å²) in [6, 6.07) is 5.14. The van der Waals surface area contributed by atoms with Gasteiger partial charge in [0.05, 0.1) is 7.11 Å². The Balaban J connectivity index is 2.08. The first-order valence-corrected chi connectivity index (χ1v) is 9.56. The van der Waals surface area contributed by atoms with Crippen molar-refractivity contribution in [2.75, 3.05) is 7.11 Å². The zero-order chi connectivity index (χ0) is 22.0. The van der Waals surface area contributed by atoms with Gasteiger partial charge in [-0.25, -0.2) is 9.78 Å². The number of imidazole rings is 1. The highest BCUT2D eigenvalue weighted by Crippen LogP contribution is 2.29. The summed E-state index contributed by atoms with van der Waals surface area (Å²) in [6.45, 7) is 5.62. The number of esters is 1. The molecule has 0 radical (unpaired) electrons. The third-order valence-corrected chi connectivity index (χ3v) is 4.78. The Morgan fingerprint density at radius 1 is 1.10 bits per heavy atom. The highest BCUT2D eigenvalue weighted by atomic mass is 16.6. The standard InChI is InChI=1S/C21H24N4O5/c1-6-24-19-18(20(27)25(7-2)21(24)28)23(4)17(22-19)11-9-14-8-10-15(30-13(3)26)16(12-14)29-5/h8-12H,6-7H2,1-5H3. The predicted octanol–water partition coefficient (Wildman–Crippen LogP) is 2.04. The minimum atomic E-state index is -0.434. The largest absolute Gasteiger partial charge is 0.493 e. The topological polar surface area (TPSA) is 97.3 Å². The van der Waals surface area contributed by atoms with Gasteiger partial charge in [0.15, 0.2) is 22.7 Å². The summed E-state index contributed by atoms with van der Waals surface area (Å²) >= 11 is 0. The number of hydrogen-bond acceptors (Lipinski definition) is 6. The van der Waals surface area contributed by atoms with Gasteiger partial charge in [-0.2, -0.15) is 0 Å². The van der Waals surface area contributed by atoms with Crippen LogP contribution < -0.4 is 20.7 Å². The second-order valence-corrected chi connectivity index (χ2v) is 6.61. The van der Waals surface area contributed by atoms with E-state index >= 15 is 0 Å². The molecule has 0 saturated heterocycles. The molecule has 0 saturated carbocycles. The van der Waals surface area contributed by atoms with Gasteiger partial charge in [0.2, 0.25) is 0 Å². The number of aryl methyl sites for hydroxylation is 2. The molecule has 0 N–H and O–H groups in total. The van der Waals surface area contributed by atoms with Crippen molar-refractivity contribution < 1.29 is 14.3 Å². The molecule has 0 fully saturated rings. The van der Waals surface area contributed by atoms with Crippen molar-refractivity contribution in [3.05, 3.63) is 50.4 Å². The van der Waals surface area contributed by atoms with E-state index in [1.165, 1.54) is 23.2 Å². The first-order valence-electron chi connectivity index (χ1n) is 9.56. The van der Waals surface area contributed by atoms with Crippen LogP contribution in [0.4, 0.5) is 0 Å². The number of fused-ring (bicyclic) bond motifs is 1. The summed E-state index contributed by atoms with van der Waals surface area (Å²) in [4.78, 5) is 41.0. The molecule has 9 heteroatoms. The maximum atomic E-state index is 12.8. The Labute approximate surface area is 172 Å². The van der Waals surface area contributed by atoms with E-state index in [-0.39, 0.29) is 11.2 Å². The Bertz CT molecular complexity index is 1260. The van der Waals surface area contributed by atoms with Gasteiger partial charge in [-0.3, -0.25) is 18.7 Å². The van der Waals surface area contributed by atoms with Gasteiger partial charge < -0.3 is 14.0 Å². The van der Waals surface area contributed by atoms with Crippen LogP contribution in [0.1, 0.15) is 32.2 Å². The summed E-state index contributed by atoms with van der Waals surface area (Å²) in [7, 11) is 3.23. The number of hydrogen-bond donors (Lipinski definition) is 0. The third-order valence-electron chi connectivity index (χ3n) is 4.78. The second kappa shape index (κ2) is 8.40. The van der Waals surface area contributed by atoms with E-state index < -0.39 is 5.97 Å². The van der Waals surface area contributed by atoms with E-state index in [9.17, 15) is 14.4 Å². The molecular formula is C21H24N4O5. The van der Waals surface area contributed by atoms with Gasteiger partial charge in [0.1, 0.15) is 5.82 Å². The molecule has 0 aliphatic rings. The van der Waals surface area contributed by atoms with Crippen molar-refractivity contribution in [1.29, 1.82) is 0 Å². The number of rotatable bonds is 6. The van der Waals surface area contributed by atoms with E-state index in [4.69, 9.17) is 9.47 Å². The van der Waals surface area contributed by atoms with E-state index in [1.807, 2.05) is 6.92 Å². The number of carbonyl (C=O) groups excluding carboxylic acids is 1. The van der Waals surface area contributed by atoms with Crippen LogP contribution in [-0.2, 0) is 24.9 Å². The molecule has 3 rings (SSSR count). The van der Waals surface area contributed by atoms with E-state index in [1.54, 1.807) is 48.9 Å². The highest BCUT2D eigenvalue weighted by molar-refractivity contribution is 5.77. The van der Waals surface area contributed by atoms with Crippen LogP contribution in [0.25, 0.3) is 23.3 Å². The minimum absolute atomic E-state index is 0.290. The SMILES string of the molecule is CCn1c(=O)c2c(nc(C=Cc3ccc(OC(C)=O)c(OC)c3)n2C)n(CC)c1=O. The number of ether oxygens (including phenoxy) is 2. The number of aromatic nitrogens is 4. The summed E-state index contributed by atoms with van der Waals surface area (Å²) in [5.41, 5.74) is 0.803. The Morgan fingerprint density at radius 2 is 1.80 bits per heavy atom. The zero-order valence-corrected chi connectivity index (χ0v) is 17.6. The molecule has 0 aliphatic heterocycles. The molecule has 0 aliphatic carbocycles. The highest BCUT2D eigenvalue weighted by Gasteiger charge is 2.17. The lowest BCUT2D eigenvalue weighted by Crippen LogP contribution is -2.39. The van der Waals surface area contributed by atoms with Crippen LogP contribution in [0, 0.1) is 0 Å². The van der Waals surface area contributed by atoms with Gasteiger partial charge in [-0.05, 0) is 37.6 Å². The van der Waals surface area contributed by atoms with E-state index in [0.717, 1.165) is 5.56 Å². The molecule has 0 spiro atoms. The van der Waals surface area contributed by atoms with Crippen LogP contribution in [0.3, 0.4) is 0 Å². The Morgan fingerprint density at radius 3 is 2.40 bits per heavy atom. The maximum Gasteiger partial charge on any atom is 0.332 e. The fraction of sp³-hybridized carbons (Fsp3) is 0.333. The predicted molar refractivity (Wildman–Crippen MR) is 114 cm³/mol. The molecular weight excluding hydrogens is 388 g/mol. The minimum Gasteiger partial charge on any atom is -0.493 e.